The maximum Gasteiger partial charge on any atom is 0.477 e. The largest absolute Gasteiger partial charge is 0.477 e. The monoisotopic (exact) mass is 286 g/mol. The summed E-state index contributed by atoms with van der Waals surface area (Å²) >= 11 is 5.85. The van der Waals surface area contributed by atoms with Crippen LogP contribution in [0.2, 0.25) is 0 Å². The van der Waals surface area contributed by atoms with Gasteiger partial charge >= 0.3 is 7.82 Å². The van der Waals surface area contributed by atoms with Crippen LogP contribution >= 0.6 is 19.4 Å². The summed E-state index contributed by atoms with van der Waals surface area (Å²) in [6.07, 6.45) is 0.520. The highest BCUT2D eigenvalue weighted by atomic mass is 35.5. The molecular formula is C11H24ClO4P. The minimum absolute atomic E-state index is 0.520. The topological polar surface area (TPSA) is 44.8 Å². The SMILES string of the molecule is CCC(Cl)OP(=O)(OC(C)(C)C)OC(C)(C)C. The summed E-state index contributed by atoms with van der Waals surface area (Å²) in [6, 6.07) is 0. The predicted octanol–water partition coefficient (Wildman–Crippen LogP) is 4.72. The molecule has 0 heterocycles. The summed E-state index contributed by atoms with van der Waals surface area (Å²) < 4.78 is 28.5. The molecule has 0 aliphatic heterocycles. The molecular weight excluding hydrogens is 263 g/mol. The van der Waals surface area contributed by atoms with Gasteiger partial charge in [-0.3, -0.25) is 13.6 Å². The highest BCUT2D eigenvalue weighted by Gasteiger charge is 2.38. The van der Waals surface area contributed by atoms with Gasteiger partial charge in [0.05, 0.1) is 11.2 Å². The van der Waals surface area contributed by atoms with E-state index in [0.717, 1.165) is 0 Å². The van der Waals surface area contributed by atoms with Crippen LogP contribution in [-0.4, -0.2) is 16.8 Å². The van der Waals surface area contributed by atoms with Crippen molar-refractivity contribution in [2.45, 2.75) is 71.7 Å². The Bertz CT molecular complexity index is 260. The van der Waals surface area contributed by atoms with Gasteiger partial charge in [0.25, 0.3) is 0 Å². The Morgan fingerprint density at radius 1 is 1.06 bits per heavy atom. The highest BCUT2D eigenvalue weighted by molar-refractivity contribution is 7.48. The predicted molar refractivity (Wildman–Crippen MR) is 70.3 cm³/mol. The molecule has 0 aliphatic carbocycles. The summed E-state index contributed by atoms with van der Waals surface area (Å²) in [5, 5.41) is 0. The van der Waals surface area contributed by atoms with Gasteiger partial charge in [0.15, 0.2) is 0 Å². The molecule has 0 aliphatic rings. The fourth-order valence-corrected chi connectivity index (χ4v) is 3.13. The van der Waals surface area contributed by atoms with Crippen LogP contribution in [-0.2, 0) is 18.1 Å². The number of phosphoric acid groups is 1. The summed E-state index contributed by atoms with van der Waals surface area (Å²) in [5.41, 5.74) is -1.96. The maximum absolute atomic E-state index is 12.5. The van der Waals surface area contributed by atoms with Crippen LogP contribution in [0.5, 0.6) is 0 Å². The second-order valence-electron chi connectivity index (χ2n) is 5.78. The zero-order valence-corrected chi connectivity index (χ0v) is 13.4. The number of halogens is 1. The van der Waals surface area contributed by atoms with E-state index in [1.807, 2.05) is 6.92 Å². The Kier molecular flexibility index (Phi) is 6.17. The molecule has 0 saturated heterocycles. The van der Waals surface area contributed by atoms with Crippen LogP contribution in [0.15, 0.2) is 0 Å². The van der Waals surface area contributed by atoms with Crippen molar-refractivity contribution in [1.29, 1.82) is 0 Å². The van der Waals surface area contributed by atoms with Crippen molar-refractivity contribution in [3.05, 3.63) is 0 Å². The number of phosphoric ester groups is 1. The van der Waals surface area contributed by atoms with E-state index in [4.69, 9.17) is 25.2 Å². The molecule has 104 valence electrons. The molecule has 0 fully saturated rings. The molecule has 0 spiro atoms. The van der Waals surface area contributed by atoms with Gasteiger partial charge in [-0.25, -0.2) is 4.57 Å². The summed E-state index contributed by atoms with van der Waals surface area (Å²) in [5.74, 6) is 0. The molecule has 0 radical (unpaired) electrons. The number of hydrogen-bond donors (Lipinski definition) is 0. The molecule has 0 N–H and O–H groups in total. The van der Waals surface area contributed by atoms with Crippen LogP contribution in [0.4, 0.5) is 0 Å². The van der Waals surface area contributed by atoms with E-state index in [-0.39, 0.29) is 0 Å². The molecule has 0 aromatic heterocycles. The Morgan fingerprint density at radius 3 is 1.65 bits per heavy atom. The van der Waals surface area contributed by atoms with Crippen LogP contribution in [0, 0.1) is 0 Å². The normalized spacial score (nSPS) is 16.0. The van der Waals surface area contributed by atoms with Crippen molar-refractivity contribution in [3.8, 4) is 0 Å². The van der Waals surface area contributed by atoms with Gasteiger partial charge in [-0.2, -0.15) is 0 Å². The number of alkyl halides is 1. The van der Waals surface area contributed by atoms with E-state index in [2.05, 4.69) is 0 Å². The number of rotatable bonds is 5. The fourth-order valence-electron chi connectivity index (χ4n) is 0.947. The van der Waals surface area contributed by atoms with E-state index in [1.54, 1.807) is 41.5 Å². The summed E-state index contributed by atoms with van der Waals surface area (Å²) in [4.78, 5) is 0. The second-order valence-corrected chi connectivity index (χ2v) is 7.74. The van der Waals surface area contributed by atoms with Crippen molar-refractivity contribution in [2.75, 3.05) is 0 Å². The van der Waals surface area contributed by atoms with Crippen LogP contribution < -0.4 is 0 Å². The standard InChI is InChI=1S/C11H24ClO4P/c1-8-9(12)14-17(13,15-10(2,3)4)16-11(5,6)7/h9H,8H2,1-7H3. The van der Waals surface area contributed by atoms with Gasteiger partial charge in [-0.1, -0.05) is 18.5 Å². The van der Waals surface area contributed by atoms with Gasteiger partial charge in [0.1, 0.15) is 5.56 Å². The molecule has 0 aromatic rings. The van der Waals surface area contributed by atoms with Gasteiger partial charge < -0.3 is 0 Å². The second kappa shape index (κ2) is 6.03. The molecule has 0 aromatic carbocycles. The quantitative estimate of drug-likeness (QED) is 0.542. The first-order chi connectivity index (χ1) is 7.37. The third-order valence-electron chi connectivity index (χ3n) is 1.34. The van der Waals surface area contributed by atoms with Gasteiger partial charge in [0, 0.05) is 0 Å². The lowest BCUT2D eigenvalue weighted by Crippen LogP contribution is -2.25. The highest BCUT2D eigenvalue weighted by Crippen LogP contribution is 2.56. The molecule has 1 atom stereocenters. The van der Waals surface area contributed by atoms with Crippen molar-refractivity contribution >= 4 is 19.4 Å². The maximum atomic E-state index is 12.5. The molecule has 0 bridgehead atoms. The minimum atomic E-state index is -3.67. The Morgan fingerprint density at radius 2 is 1.41 bits per heavy atom. The van der Waals surface area contributed by atoms with Crippen LogP contribution in [0.3, 0.4) is 0 Å². The average Bonchev–Trinajstić information content (AvgIpc) is 1.94. The third kappa shape index (κ3) is 9.04. The lowest BCUT2D eigenvalue weighted by molar-refractivity contribution is -0.00107. The van der Waals surface area contributed by atoms with E-state index in [1.165, 1.54) is 0 Å². The molecule has 1 unspecified atom stereocenters. The molecule has 0 rings (SSSR count). The summed E-state index contributed by atoms with van der Waals surface area (Å²) in [6.45, 7) is 12.5. The van der Waals surface area contributed by atoms with Gasteiger partial charge in [0.2, 0.25) is 0 Å². The first-order valence-corrected chi connectivity index (χ1v) is 7.60. The van der Waals surface area contributed by atoms with Gasteiger partial charge in [-0.05, 0) is 48.0 Å². The average molecular weight is 287 g/mol. The van der Waals surface area contributed by atoms with Crippen molar-refractivity contribution < 1.29 is 18.1 Å². The Hall–Kier alpha value is 0.400. The molecule has 17 heavy (non-hydrogen) atoms. The van der Waals surface area contributed by atoms with Crippen LogP contribution in [0.1, 0.15) is 54.9 Å². The molecule has 4 nitrogen and oxygen atoms in total. The fraction of sp³-hybridized carbons (Fsp3) is 1.00. The minimum Gasteiger partial charge on any atom is -0.281 e. The zero-order valence-electron chi connectivity index (χ0n) is 11.7. The third-order valence-corrected chi connectivity index (χ3v) is 3.91. The Labute approximate surface area is 110 Å². The smallest absolute Gasteiger partial charge is 0.281 e. The number of hydrogen-bond acceptors (Lipinski definition) is 4. The van der Waals surface area contributed by atoms with E-state index < -0.39 is 24.6 Å². The molecule has 0 amide bonds. The van der Waals surface area contributed by atoms with E-state index in [0.29, 0.717) is 6.42 Å². The van der Waals surface area contributed by atoms with Crippen molar-refractivity contribution in [3.63, 3.8) is 0 Å². The zero-order chi connectivity index (χ0) is 13.9. The molecule has 0 saturated carbocycles. The van der Waals surface area contributed by atoms with Crippen LogP contribution in [0.25, 0.3) is 0 Å². The van der Waals surface area contributed by atoms with E-state index in [9.17, 15) is 4.57 Å². The lowest BCUT2D eigenvalue weighted by atomic mass is 10.2. The Balaban J connectivity index is 4.88. The van der Waals surface area contributed by atoms with Gasteiger partial charge in [-0.15, -0.1) is 0 Å². The van der Waals surface area contributed by atoms with Crippen molar-refractivity contribution in [2.24, 2.45) is 0 Å². The lowest BCUT2D eigenvalue weighted by Gasteiger charge is -2.31. The first-order valence-electron chi connectivity index (χ1n) is 5.71. The summed E-state index contributed by atoms with van der Waals surface area (Å²) in [7, 11) is -3.67. The van der Waals surface area contributed by atoms with E-state index >= 15 is 0 Å². The first kappa shape index (κ1) is 17.4. The van der Waals surface area contributed by atoms with Crippen molar-refractivity contribution in [1.82, 2.24) is 0 Å². The molecule has 6 heteroatoms.